The zero-order chi connectivity index (χ0) is 10.4. The Kier molecular flexibility index (Phi) is 5.44. The molecule has 0 aliphatic rings. The van der Waals surface area contributed by atoms with Gasteiger partial charge in [-0.3, -0.25) is 0 Å². The molecule has 5 heteroatoms. The van der Waals surface area contributed by atoms with Crippen molar-refractivity contribution in [1.82, 2.24) is 10.6 Å². The van der Waals surface area contributed by atoms with E-state index in [0.717, 1.165) is 28.4 Å². The van der Waals surface area contributed by atoms with Crippen molar-refractivity contribution < 1.29 is 0 Å². The van der Waals surface area contributed by atoms with Gasteiger partial charge in [0.15, 0.2) is 5.11 Å². The highest BCUT2D eigenvalue weighted by Crippen LogP contribution is 2.21. The van der Waals surface area contributed by atoms with E-state index in [1.165, 1.54) is 4.88 Å². The molecule has 0 amide bonds. The summed E-state index contributed by atoms with van der Waals surface area (Å²) in [4.78, 5) is 1.28. The highest BCUT2D eigenvalue weighted by molar-refractivity contribution is 9.11. The predicted octanol–water partition coefficient (Wildman–Crippen LogP) is 2.88. The molecule has 0 atom stereocenters. The Bertz CT molecular complexity index is 299. The summed E-state index contributed by atoms with van der Waals surface area (Å²) in [6, 6.07) is 4.13. The van der Waals surface area contributed by atoms with Crippen molar-refractivity contribution in [2.24, 2.45) is 0 Å². The third kappa shape index (κ3) is 4.39. The maximum atomic E-state index is 5.10. The SMILES string of the molecule is CCCNC(=S)NCc1ccc(Br)s1. The van der Waals surface area contributed by atoms with Gasteiger partial charge in [-0.15, -0.1) is 11.3 Å². The molecule has 0 fully saturated rings. The van der Waals surface area contributed by atoms with E-state index in [1.807, 2.05) is 6.07 Å². The fourth-order valence-electron chi connectivity index (χ4n) is 0.915. The summed E-state index contributed by atoms with van der Waals surface area (Å²) in [5, 5.41) is 7.01. The first-order valence-corrected chi connectivity index (χ1v) is 6.50. The molecule has 0 aliphatic carbocycles. The Hall–Kier alpha value is -0.130. The highest BCUT2D eigenvalue weighted by Gasteiger charge is 1.98. The van der Waals surface area contributed by atoms with Gasteiger partial charge in [-0.2, -0.15) is 0 Å². The van der Waals surface area contributed by atoms with Crippen molar-refractivity contribution in [3.63, 3.8) is 0 Å². The van der Waals surface area contributed by atoms with Crippen LogP contribution in [0.15, 0.2) is 15.9 Å². The summed E-state index contributed by atoms with van der Waals surface area (Å²) in [6.45, 7) is 3.85. The molecule has 2 N–H and O–H groups in total. The monoisotopic (exact) mass is 292 g/mol. The van der Waals surface area contributed by atoms with Crippen LogP contribution >= 0.6 is 39.5 Å². The van der Waals surface area contributed by atoms with Crippen LogP contribution in [0.1, 0.15) is 18.2 Å². The number of nitrogens with one attached hydrogen (secondary N) is 2. The highest BCUT2D eigenvalue weighted by atomic mass is 79.9. The van der Waals surface area contributed by atoms with E-state index < -0.39 is 0 Å². The van der Waals surface area contributed by atoms with Crippen LogP contribution in [0.5, 0.6) is 0 Å². The second-order valence-electron chi connectivity index (χ2n) is 2.82. The summed E-state index contributed by atoms with van der Waals surface area (Å²) in [5.74, 6) is 0. The molecule has 1 rings (SSSR count). The summed E-state index contributed by atoms with van der Waals surface area (Å²) in [6.07, 6.45) is 1.09. The Morgan fingerprint density at radius 2 is 2.29 bits per heavy atom. The van der Waals surface area contributed by atoms with Crippen molar-refractivity contribution in [3.8, 4) is 0 Å². The van der Waals surface area contributed by atoms with Crippen LogP contribution < -0.4 is 10.6 Å². The molecule has 1 heterocycles. The molecule has 1 aromatic heterocycles. The van der Waals surface area contributed by atoms with Gasteiger partial charge in [0, 0.05) is 11.4 Å². The minimum absolute atomic E-state index is 0.733. The van der Waals surface area contributed by atoms with Crippen LogP contribution in [0.4, 0.5) is 0 Å². The average molecular weight is 293 g/mol. The fraction of sp³-hybridized carbons (Fsp3) is 0.444. The Morgan fingerprint density at radius 3 is 2.86 bits per heavy atom. The standard InChI is InChI=1S/C9H13BrN2S2/c1-2-5-11-9(13)12-6-7-3-4-8(10)14-7/h3-4H,2,5-6H2,1H3,(H2,11,12,13). The largest absolute Gasteiger partial charge is 0.363 e. The molecule has 0 spiro atoms. The zero-order valence-corrected chi connectivity index (χ0v) is 11.2. The molecule has 0 unspecified atom stereocenters. The summed E-state index contributed by atoms with van der Waals surface area (Å²) in [7, 11) is 0. The summed E-state index contributed by atoms with van der Waals surface area (Å²) >= 11 is 10.2. The van der Waals surface area contributed by atoms with Gasteiger partial charge >= 0.3 is 0 Å². The van der Waals surface area contributed by atoms with E-state index in [2.05, 4.69) is 39.6 Å². The lowest BCUT2D eigenvalue weighted by molar-refractivity contribution is 0.803. The van der Waals surface area contributed by atoms with Crippen LogP contribution in [-0.4, -0.2) is 11.7 Å². The average Bonchev–Trinajstić information content (AvgIpc) is 2.58. The second kappa shape index (κ2) is 6.37. The quantitative estimate of drug-likeness (QED) is 0.835. The zero-order valence-electron chi connectivity index (χ0n) is 7.97. The van der Waals surface area contributed by atoms with Gasteiger partial charge in [-0.05, 0) is 46.7 Å². The van der Waals surface area contributed by atoms with Crippen molar-refractivity contribution in [1.29, 1.82) is 0 Å². The molecule has 0 saturated heterocycles. The molecular weight excluding hydrogens is 280 g/mol. The molecule has 0 bridgehead atoms. The fourth-order valence-corrected chi connectivity index (χ4v) is 2.51. The van der Waals surface area contributed by atoms with Crippen molar-refractivity contribution >= 4 is 44.6 Å². The topological polar surface area (TPSA) is 24.1 Å². The van der Waals surface area contributed by atoms with E-state index in [9.17, 15) is 0 Å². The van der Waals surface area contributed by atoms with Gasteiger partial charge in [0.2, 0.25) is 0 Å². The Balaban J connectivity index is 2.23. The molecule has 0 aromatic carbocycles. The minimum atomic E-state index is 0.733. The first-order valence-electron chi connectivity index (χ1n) is 4.48. The molecular formula is C9H13BrN2S2. The second-order valence-corrected chi connectivity index (χ2v) is 5.77. The van der Waals surface area contributed by atoms with Gasteiger partial charge in [0.25, 0.3) is 0 Å². The molecule has 78 valence electrons. The maximum Gasteiger partial charge on any atom is 0.166 e. The summed E-state index contributed by atoms with van der Waals surface area (Å²) < 4.78 is 1.15. The van der Waals surface area contributed by atoms with E-state index in [-0.39, 0.29) is 0 Å². The Labute approximate surface area is 102 Å². The van der Waals surface area contributed by atoms with Gasteiger partial charge in [0.1, 0.15) is 0 Å². The van der Waals surface area contributed by atoms with Gasteiger partial charge in [-0.25, -0.2) is 0 Å². The molecule has 0 aliphatic heterocycles. The van der Waals surface area contributed by atoms with Crippen LogP contribution in [-0.2, 0) is 6.54 Å². The van der Waals surface area contributed by atoms with Crippen LogP contribution in [0.3, 0.4) is 0 Å². The first-order chi connectivity index (χ1) is 6.72. The van der Waals surface area contributed by atoms with Crippen LogP contribution in [0.2, 0.25) is 0 Å². The number of hydrogen-bond acceptors (Lipinski definition) is 2. The third-order valence-electron chi connectivity index (χ3n) is 1.59. The third-order valence-corrected chi connectivity index (χ3v) is 3.50. The molecule has 1 aromatic rings. The van der Waals surface area contributed by atoms with Crippen molar-refractivity contribution in [3.05, 3.63) is 20.8 Å². The molecule has 14 heavy (non-hydrogen) atoms. The predicted molar refractivity (Wildman–Crippen MR) is 69.8 cm³/mol. The van der Waals surface area contributed by atoms with Gasteiger partial charge < -0.3 is 10.6 Å². The number of rotatable bonds is 4. The van der Waals surface area contributed by atoms with E-state index in [4.69, 9.17) is 12.2 Å². The van der Waals surface area contributed by atoms with Gasteiger partial charge in [0.05, 0.1) is 10.3 Å². The number of thiocarbonyl (C=S) groups is 1. The van der Waals surface area contributed by atoms with E-state index in [1.54, 1.807) is 11.3 Å². The lowest BCUT2D eigenvalue weighted by atomic mass is 10.4. The normalized spacial score (nSPS) is 9.86. The molecule has 2 nitrogen and oxygen atoms in total. The number of halogens is 1. The smallest absolute Gasteiger partial charge is 0.166 e. The van der Waals surface area contributed by atoms with Crippen LogP contribution in [0.25, 0.3) is 0 Å². The molecule has 0 saturated carbocycles. The van der Waals surface area contributed by atoms with E-state index >= 15 is 0 Å². The lowest BCUT2D eigenvalue weighted by Crippen LogP contribution is -2.34. The van der Waals surface area contributed by atoms with E-state index in [0.29, 0.717) is 0 Å². The Morgan fingerprint density at radius 1 is 1.50 bits per heavy atom. The number of hydrogen-bond donors (Lipinski definition) is 2. The summed E-state index contributed by atoms with van der Waals surface area (Å²) in [5.41, 5.74) is 0. The van der Waals surface area contributed by atoms with Crippen molar-refractivity contribution in [2.45, 2.75) is 19.9 Å². The molecule has 0 radical (unpaired) electrons. The van der Waals surface area contributed by atoms with Crippen molar-refractivity contribution in [2.75, 3.05) is 6.54 Å². The van der Waals surface area contributed by atoms with Crippen LogP contribution in [0, 0.1) is 0 Å². The number of thiophene rings is 1. The minimum Gasteiger partial charge on any atom is -0.363 e. The van der Waals surface area contributed by atoms with Gasteiger partial charge in [-0.1, -0.05) is 6.92 Å². The first kappa shape index (κ1) is 11.9. The maximum absolute atomic E-state index is 5.10. The lowest BCUT2D eigenvalue weighted by Gasteiger charge is -2.07.